The fourth-order valence-corrected chi connectivity index (χ4v) is 3.21. The molecule has 1 atom stereocenters. The Labute approximate surface area is 117 Å². The summed E-state index contributed by atoms with van der Waals surface area (Å²) in [7, 11) is 1.83. The Kier molecular flexibility index (Phi) is 5.00. The number of methoxy groups -OCH3 is 1. The van der Waals surface area contributed by atoms with Crippen LogP contribution in [0.1, 0.15) is 44.6 Å². The van der Waals surface area contributed by atoms with Gasteiger partial charge in [0.1, 0.15) is 0 Å². The van der Waals surface area contributed by atoms with E-state index in [0.717, 1.165) is 31.6 Å². The van der Waals surface area contributed by atoms with E-state index in [2.05, 4.69) is 37.3 Å². The molecule has 0 bridgehead atoms. The lowest BCUT2D eigenvalue weighted by molar-refractivity contribution is -0.0675. The molecule has 1 aromatic carbocycles. The van der Waals surface area contributed by atoms with Gasteiger partial charge in [0.25, 0.3) is 0 Å². The van der Waals surface area contributed by atoms with Gasteiger partial charge in [0.15, 0.2) is 0 Å². The molecule has 2 N–H and O–H groups in total. The molecule has 1 fully saturated rings. The second-order valence-electron chi connectivity index (χ2n) is 6.08. The topological polar surface area (TPSA) is 35.2 Å². The van der Waals surface area contributed by atoms with Crippen LogP contribution in [0.5, 0.6) is 0 Å². The predicted octanol–water partition coefficient (Wildman–Crippen LogP) is 3.54. The minimum absolute atomic E-state index is 0.0821. The van der Waals surface area contributed by atoms with Gasteiger partial charge in [0, 0.05) is 13.2 Å². The van der Waals surface area contributed by atoms with Gasteiger partial charge in [0.2, 0.25) is 0 Å². The van der Waals surface area contributed by atoms with Crippen molar-refractivity contribution in [3.63, 3.8) is 0 Å². The zero-order valence-corrected chi connectivity index (χ0v) is 12.3. The van der Waals surface area contributed by atoms with Crippen LogP contribution in [-0.4, -0.2) is 18.8 Å². The van der Waals surface area contributed by atoms with E-state index in [1.54, 1.807) is 0 Å². The molecule has 1 aliphatic carbocycles. The Morgan fingerprint density at radius 1 is 1.26 bits per heavy atom. The second kappa shape index (κ2) is 6.53. The number of aryl methyl sites for hydroxylation is 1. The molecule has 0 radical (unpaired) electrons. The maximum atomic E-state index is 6.46. The molecular weight excluding hydrogens is 234 g/mol. The molecule has 19 heavy (non-hydrogen) atoms. The molecule has 2 nitrogen and oxygen atoms in total. The number of nitrogens with two attached hydrogens (primary N) is 1. The third-order valence-electron chi connectivity index (χ3n) is 4.79. The van der Waals surface area contributed by atoms with Crippen molar-refractivity contribution in [2.45, 2.75) is 57.1 Å². The van der Waals surface area contributed by atoms with Crippen molar-refractivity contribution in [1.29, 1.82) is 0 Å². The van der Waals surface area contributed by atoms with E-state index in [0.29, 0.717) is 0 Å². The van der Waals surface area contributed by atoms with Crippen molar-refractivity contribution < 1.29 is 4.74 Å². The highest BCUT2D eigenvalue weighted by atomic mass is 16.5. The molecule has 0 spiro atoms. The van der Waals surface area contributed by atoms with Gasteiger partial charge >= 0.3 is 0 Å². The standard InChI is InChI=1S/C17H27NO/c1-14-10-12-17(19-2,13-11-14)16(18)9-8-15-6-4-3-5-7-15/h3-7,14,16H,8-13,18H2,1-2H3. The molecule has 0 aromatic heterocycles. The van der Waals surface area contributed by atoms with Crippen molar-refractivity contribution in [3.8, 4) is 0 Å². The summed E-state index contributed by atoms with van der Waals surface area (Å²) < 4.78 is 5.85. The van der Waals surface area contributed by atoms with Crippen LogP contribution in [0, 0.1) is 5.92 Å². The molecule has 0 saturated heterocycles. The van der Waals surface area contributed by atoms with Gasteiger partial charge in [-0.15, -0.1) is 0 Å². The number of rotatable bonds is 5. The summed E-state index contributed by atoms with van der Waals surface area (Å²) in [6.45, 7) is 2.33. The fraction of sp³-hybridized carbons (Fsp3) is 0.647. The van der Waals surface area contributed by atoms with E-state index in [-0.39, 0.29) is 11.6 Å². The summed E-state index contributed by atoms with van der Waals surface area (Å²) in [6.07, 6.45) is 6.76. The lowest BCUT2D eigenvalue weighted by atomic mass is 9.74. The van der Waals surface area contributed by atoms with Crippen LogP contribution < -0.4 is 5.73 Å². The summed E-state index contributed by atoms with van der Waals surface area (Å²) in [5.74, 6) is 0.824. The molecule has 106 valence electrons. The lowest BCUT2D eigenvalue weighted by Crippen LogP contribution is -2.51. The van der Waals surface area contributed by atoms with Gasteiger partial charge in [0.05, 0.1) is 5.60 Å². The summed E-state index contributed by atoms with van der Waals surface area (Å²) in [5.41, 5.74) is 7.75. The Bertz CT molecular complexity index is 368. The van der Waals surface area contributed by atoms with E-state index in [1.165, 1.54) is 18.4 Å². The number of hydrogen-bond acceptors (Lipinski definition) is 2. The highest BCUT2D eigenvalue weighted by molar-refractivity contribution is 5.15. The molecule has 0 aliphatic heterocycles. The Morgan fingerprint density at radius 2 is 1.89 bits per heavy atom. The van der Waals surface area contributed by atoms with Crippen LogP contribution in [0.25, 0.3) is 0 Å². The van der Waals surface area contributed by atoms with Crippen LogP contribution in [0.15, 0.2) is 30.3 Å². The van der Waals surface area contributed by atoms with E-state index in [4.69, 9.17) is 10.5 Å². The van der Waals surface area contributed by atoms with Gasteiger partial charge in [-0.05, 0) is 50.0 Å². The quantitative estimate of drug-likeness (QED) is 0.880. The normalized spacial score (nSPS) is 29.1. The van der Waals surface area contributed by atoms with Crippen LogP contribution in [-0.2, 0) is 11.2 Å². The van der Waals surface area contributed by atoms with Crippen LogP contribution in [0.2, 0.25) is 0 Å². The average molecular weight is 261 g/mol. The summed E-state index contributed by atoms with van der Waals surface area (Å²) in [5, 5.41) is 0. The van der Waals surface area contributed by atoms with Crippen molar-refractivity contribution in [2.75, 3.05) is 7.11 Å². The maximum absolute atomic E-state index is 6.46. The first-order chi connectivity index (χ1) is 9.16. The summed E-state index contributed by atoms with van der Waals surface area (Å²) in [6, 6.07) is 10.7. The highest BCUT2D eigenvalue weighted by Gasteiger charge is 2.39. The van der Waals surface area contributed by atoms with Crippen LogP contribution >= 0.6 is 0 Å². The van der Waals surface area contributed by atoms with Crippen LogP contribution in [0.3, 0.4) is 0 Å². The summed E-state index contributed by atoms with van der Waals surface area (Å²) >= 11 is 0. The van der Waals surface area contributed by atoms with Crippen molar-refractivity contribution in [1.82, 2.24) is 0 Å². The van der Waals surface area contributed by atoms with E-state index in [9.17, 15) is 0 Å². The average Bonchev–Trinajstić information content (AvgIpc) is 2.47. The van der Waals surface area contributed by atoms with Gasteiger partial charge in [-0.25, -0.2) is 0 Å². The molecule has 2 heteroatoms. The zero-order valence-electron chi connectivity index (χ0n) is 12.3. The Morgan fingerprint density at radius 3 is 2.47 bits per heavy atom. The summed E-state index contributed by atoms with van der Waals surface area (Å²) in [4.78, 5) is 0. The third-order valence-corrected chi connectivity index (χ3v) is 4.79. The van der Waals surface area contributed by atoms with E-state index in [1.807, 2.05) is 7.11 Å². The van der Waals surface area contributed by atoms with Crippen molar-refractivity contribution >= 4 is 0 Å². The smallest absolute Gasteiger partial charge is 0.0829 e. The molecular formula is C17H27NO. The molecule has 1 aromatic rings. The molecule has 1 saturated carbocycles. The van der Waals surface area contributed by atoms with Gasteiger partial charge in [-0.3, -0.25) is 0 Å². The Balaban J connectivity index is 1.92. The Hall–Kier alpha value is -0.860. The SMILES string of the molecule is COC1(C(N)CCc2ccccc2)CCC(C)CC1. The number of hydrogen-bond donors (Lipinski definition) is 1. The van der Waals surface area contributed by atoms with Gasteiger partial charge < -0.3 is 10.5 Å². The van der Waals surface area contributed by atoms with E-state index >= 15 is 0 Å². The maximum Gasteiger partial charge on any atom is 0.0829 e. The second-order valence-corrected chi connectivity index (χ2v) is 6.08. The minimum Gasteiger partial charge on any atom is -0.377 e. The number of ether oxygens (including phenoxy) is 1. The van der Waals surface area contributed by atoms with Crippen molar-refractivity contribution in [2.24, 2.45) is 11.7 Å². The molecule has 0 amide bonds. The molecule has 0 heterocycles. The highest BCUT2D eigenvalue weighted by Crippen LogP contribution is 2.37. The van der Waals surface area contributed by atoms with Crippen molar-refractivity contribution in [3.05, 3.63) is 35.9 Å². The minimum atomic E-state index is -0.0821. The van der Waals surface area contributed by atoms with Crippen LogP contribution in [0.4, 0.5) is 0 Å². The van der Waals surface area contributed by atoms with E-state index < -0.39 is 0 Å². The zero-order chi connectivity index (χ0) is 13.7. The molecule has 1 aliphatic rings. The first kappa shape index (κ1) is 14.5. The molecule has 1 unspecified atom stereocenters. The van der Waals surface area contributed by atoms with Gasteiger partial charge in [-0.2, -0.15) is 0 Å². The fourth-order valence-electron chi connectivity index (χ4n) is 3.21. The third kappa shape index (κ3) is 3.58. The monoisotopic (exact) mass is 261 g/mol. The first-order valence-electron chi connectivity index (χ1n) is 7.51. The predicted molar refractivity (Wildman–Crippen MR) is 80.1 cm³/mol. The lowest BCUT2D eigenvalue weighted by Gasteiger charge is -2.42. The largest absolute Gasteiger partial charge is 0.377 e. The number of benzene rings is 1. The first-order valence-corrected chi connectivity index (χ1v) is 7.51. The molecule has 2 rings (SSSR count). The van der Waals surface area contributed by atoms with Gasteiger partial charge in [-0.1, -0.05) is 37.3 Å².